The molecule has 1 N–H and O–H groups in total. The van der Waals surface area contributed by atoms with E-state index in [0.29, 0.717) is 6.61 Å². The van der Waals surface area contributed by atoms with E-state index in [2.05, 4.69) is 6.92 Å². The molecule has 0 rings (SSSR count). The van der Waals surface area contributed by atoms with Crippen LogP contribution in [-0.4, -0.2) is 49.5 Å². The fraction of sp³-hybridized carbons (Fsp3) is 1.00. The topological polar surface area (TPSA) is 20.2 Å². The zero-order valence-corrected chi connectivity index (χ0v) is 4.98. The van der Waals surface area contributed by atoms with E-state index in [1.807, 2.05) is 0 Å². The van der Waals surface area contributed by atoms with Gasteiger partial charge in [-0.3, -0.25) is 0 Å². The molecule has 0 saturated carbocycles. The van der Waals surface area contributed by atoms with Crippen LogP contribution in [0.3, 0.4) is 0 Å². The van der Waals surface area contributed by atoms with E-state index in [1.54, 1.807) is 0 Å². The minimum atomic E-state index is 0. The summed E-state index contributed by atoms with van der Waals surface area (Å²) in [7, 11) is 0. The van der Waals surface area contributed by atoms with Crippen molar-refractivity contribution in [3.05, 3.63) is 0 Å². The minimum absolute atomic E-state index is 0. The second kappa shape index (κ2) is 11.1. The quantitative estimate of drug-likeness (QED) is 0.453. The Morgan fingerprint density at radius 1 is 1.12 bits per heavy atom. The second-order valence-corrected chi connectivity index (χ2v) is 1.78. The van der Waals surface area contributed by atoms with E-state index >= 15 is 0 Å². The van der Waals surface area contributed by atoms with Gasteiger partial charge < -0.3 is 5.11 Å². The third kappa shape index (κ3) is 10.3. The van der Waals surface area contributed by atoms with Crippen molar-refractivity contribution in [1.82, 2.24) is 0 Å². The van der Waals surface area contributed by atoms with Gasteiger partial charge in [-0.15, -0.1) is 0 Å². The van der Waals surface area contributed by atoms with Gasteiger partial charge in [0.2, 0.25) is 0 Å². The van der Waals surface area contributed by atoms with Crippen molar-refractivity contribution in [1.29, 1.82) is 0 Å². The molecule has 48 valence electrons. The van der Waals surface area contributed by atoms with Crippen LogP contribution in [0.1, 0.15) is 32.6 Å². The standard InChI is InChI=1S/C6H14O.Ca.2H/c1-2-3-4-5-6-7;;;/h7H,2-6H2,1H3;;;. The molecule has 0 aromatic heterocycles. The predicted octanol–water partition coefficient (Wildman–Crippen LogP) is 0.643. The summed E-state index contributed by atoms with van der Waals surface area (Å²) in [5, 5.41) is 8.29. The van der Waals surface area contributed by atoms with E-state index in [9.17, 15) is 0 Å². The Bertz CT molecular complexity index is 27.7. The van der Waals surface area contributed by atoms with E-state index in [1.165, 1.54) is 19.3 Å². The molecule has 0 spiro atoms. The maximum absolute atomic E-state index is 8.29. The van der Waals surface area contributed by atoms with Crippen LogP contribution in [0.4, 0.5) is 0 Å². The number of rotatable bonds is 4. The van der Waals surface area contributed by atoms with Crippen LogP contribution in [0, 0.1) is 0 Å². The predicted molar refractivity (Wildman–Crippen MR) is 39.8 cm³/mol. The Balaban J connectivity index is 0. The van der Waals surface area contributed by atoms with E-state index in [-0.39, 0.29) is 37.7 Å². The van der Waals surface area contributed by atoms with Crippen LogP contribution in [0.25, 0.3) is 0 Å². The molecule has 0 aliphatic rings. The van der Waals surface area contributed by atoms with Crippen molar-refractivity contribution < 1.29 is 5.11 Å². The molecule has 0 amide bonds. The molecule has 0 aliphatic carbocycles. The summed E-state index contributed by atoms with van der Waals surface area (Å²) in [6.45, 7) is 2.53. The maximum atomic E-state index is 8.29. The van der Waals surface area contributed by atoms with Crippen LogP contribution < -0.4 is 0 Å². The van der Waals surface area contributed by atoms with Gasteiger partial charge in [0.05, 0.1) is 0 Å². The van der Waals surface area contributed by atoms with Gasteiger partial charge in [-0.05, 0) is 6.42 Å². The first-order valence-corrected chi connectivity index (χ1v) is 3.02. The van der Waals surface area contributed by atoms with Gasteiger partial charge in [-0.2, -0.15) is 0 Å². The van der Waals surface area contributed by atoms with Crippen molar-refractivity contribution in [2.24, 2.45) is 0 Å². The summed E-state index contributed by atoms with van der Waals surface area (Å²) in [6.07, 6.45) is 4.68. The summed E-state index contributed by atoms with van der Waals surface area (Å²) in [6, 6.07) is 0. The van der Waals surface area contributed by atoms with Crippen LogP contribution in [0.5, 0.6) is 0 Å². The fourth-order valence-electron chi connectivity index (χ4n) is 0.539. The molecule has 0 unspecified atom stereocenters. The third-order valence-electron chi connectivity index (χ3n) is 1.01. The van der Waals surface area contributed by atoms with Gasteiger partial charge >= 0.3 is 37.7 Å². The van der Waals surface area contributed by atoms with E-state index in [4.69, 9.17) is 5.11 Å². The Morgan fingerprint density at radius 2 is 1.75 bits per heavy atom. The van der Waals surface area contributed by atoms with Gasteiger partial charge in [-0.25, -0.2) is 0 Å². The Morgan fingerprint density at radius 3 is 2.12 bits per heavy atom. The molecule has 0 heterocycles. The SMILES string of the molecule is CCCCCCO.[CaH2]. The fourth-order valence-corrected chi connectivity index (χ4v) is 0.539. The molecule has 0 aliphatic heterocycles. The molecule has 0 radical (unpaired) electrons. The van der Waals surface area contributed by atoms with Gasteiger partial charge in [-0.1, -0.05) is 26.2 Å². The Kier molecular flexibility index (Phi) is 16.5. The van der Waals surface area contributed by atoms with Gasteiger partial charge in [0.25, 0.3) is 0 Å². The number of aliphatic hydroxyl groups excluding tert-OH is 1. The zero-order valence-electron chi connectivity index (χ0n) is 4.98. The molecule has 8 heavy (non-hydrogen) atoms. The Labute approximate surface area is 81.5 Å². The molecule has 0 saturated heterocycles. The molecule has 2 heteroatoms. The first kappa shape index (κ1) is 12.0. The number of hydrogen-bond acceptors (Lipinski definition) is 1. The van der Waals surface area contributed by atoms with Crippen molar-refractivity contribution in [3.63, 3.8) is 0 Å². The van der Waals surface area contributed by atoms with Crippen LogP contribution in [0.15, 0.2) is 0 Å². The van der Waals surface area contributed by atoms with Gasteiger partial charge in [0.15, 0.2) is 0 Å². The first-order chi connectivity index (χ1) is 3.41. The molecule has 0 fully saturated rings. The average Bonchev–Trinajstić information content (AvgIpc) is 1.69. The van der Waals surface area contributed by atoms with Crippen LogP contribution >= 0.6 is 0 Å². The van der Waals surface area contributed by atoms with Crippen molar-refractivity contribution in [3.8, 4) is 0 Å². The number of aliphatic hydroxyl groups is 1. The molecule has 1 nitrogen and oxygen atoms in total. The van der Waals surface area contributed by atoms with Crippen molar-refractivity contribution >= 4 is 37.7 Å². The second-order valence-electron chi connectivity index (χ2n) is 1.78. The summed E-state index contributed by atoms with van der Waals surface area (Å²) in [5.41, 5.74) is 0. The third-order valence-corrected chi connectivity index (χ3v) is 1.01. The number of hydrogen-bond donors (Lipinski definition) is 1. The molecular weight excluding hydrogens is 128 g/mol. The van der Waals surface area contributed by atoms with Gasteiger partial charge in [0.1, 0.15) is 0 Å². The first-order valence-electron chi connectivity index (χ1n) is 3.02. The van der Waals surface area contributed by atoms with E-state index < -0.39 is 0 Å². The molecular formula is C6H16CaO. The van der Waals surface area contributed by atoms with Crippen LogP contribution in [-0.2, 0) is 0 Å². The van der Waals surface area contributed by atoms with Crippen LogP contribution in [0.2, 0.25) is 0 Å². The normalized spacial score (nSPS) is 8.25. The van der Waals surface area contributed by atoms with Crippen molar-refractivity contribution in [2.75, 3.05) is 6.61 Å². The molecule has 0 bridgehead atoms. The summed E-state index contributed by atoms with van der Waals surface area (Å²) in [4.78, 5) is 0. The number of unbranched alkanes of at least 4 members (excludes halogenated alkanes) is 3. The zero-order chi connectivity index (χ0) is 5.54. The monoisotopic (exact) mass is 144 g/mol. The molecule has 0 aromatic rings. The molecule has 0 atom stereocenters. The summed E-state index contributed by atoms with van der Waals surface area (Å²) < 4.78 is 0. The average molecular weight is 144 g/mol. The van der Waals surface area contributed by atoms with Gasteiger partial charge in [0, 0.05) is 6.61 Å². The molecule has 0 aromatic carbocycles. The summed E-state index contributed by atoms with van der Waals surface area (Å²) in [5.74, 6) is 0. The van der Waals surface area contributed by atoms with E-state index in [0.717, 1.165) is 6.42 Å². The van der Waals surface area contributed by atoms with Crippen molar-refractivity contribution in [2.45, 2.75) is 32.6 Å². The summed E-state index contributed by atoms with van der Waals surface area (Å²) >= 11 is 0. The Hall–Kier alpha value is 1.22.